The first kappa shape index (κ1) is 28.6. The van der Waals surface area contributed by atoms with Gasteiger partial charge in [0, 0.05) is 17.7 Å². The van der Waals surface area contributed by atoms with Crippen LogP contribution in [0, 0.1) is 12.8 Å². The number of pyridine rings is 1. The van der Waals surface area contributed by atoms with Gasteiger partial charge in [0.2, 0.25) is 5.91 Å². The molecule has 9 nitrogen and oxygen atoms in total. The molecule has 10 heteroatoms. The molecular weight excluding hydrogens is 483 g/mol. The predicted octanol–water partition coefficient (Wildman–Crippen LogP) is 2.13. The minimum absolute atomic E-state index is 0.0707. The lowest BCUT2D eigenvalue weighted by molar-refractivity contribution is -0.123. The minimum atomic E-state index is -1.79. The smallest absolute Gasteiger partial charge is 0.426 e. The van der Waals surface area contributed by atoms with Crippen LogP contribution in [0.15, 0.2) is 72.8 Å². The van der Waals surface area contributed by atoms with E-state index in [1.165, 1.54) is 6.07 Å². The van der Waals surface area contributed by atoms with Crippen molar-refractivity contribution in [2.24, 2.45) is 5.92 Å². The molecule has 0 spiro atoms. The highest BCUT2D eigenvalue weighted by Gasteiger charge is 2.30. The second-order valence-corrected chi connectivity index (χ2v) is 9.53. The molecule has 0 saturated heterocycles. The fourth-order valence-electron chi connectivity index (χ4n) is 3.82. The molecule has 198 valence electrons. The zero-order valence-electron chi connectivity index (χ0n) is 21.7. The number of aromatic nitrogens is 1. The van der Waals surface area contributed by atoms with Crippen molar-refractivity contribution in [2.45, 2.75) is 39.2 Å². The van der Waals surface area contributed by atoms with Crippen molar-refractivity contribution in [3.8, 4) is 11.3 Å². The lowest BCUT2D eigenvalue weighted by atomic mass is 9.75. The summed E-state index contributed by atoms with van der Waals surface area (Å²) in [5.74, 6) is -2.57. The minimum Gasteiger partial charge on any atom is -0.426 e. The molecule has 0 radical (unpaired) electrons. The third-order valence-corrected chi connectivity index (χ3v) is 5.87. The molecule has 1 heterocycles. The van der Waals surface area contributed by atoms with E-state index < -0.39 is 36.8 Å². The van der Waals surface area contributed by atoms with Crippen molar-refractivity contribution in [1.29, 1.82) is 0 Å². The second-order valence-electron chi connectivity index (χ2n) is 9.53. The van der Waals surface area contributed by atoms with E-state index in [-0.39, 0.29) is 18.2 Å². The van der Waals surface area contributed by atoms with E-state index in [1.807, 2.05) is 51.1 Å². The summed E-state index contributed by atoms with van der Waals surface area (Å²) in [7, 11) is -1.79. The first-order chi connectivity index (χ1) is 18.1. The SMILES string of the molecule is Cc1ccc(C(=O)NC[C@H](NC(=O)c2cccc(-c3ccccc3)n2)C(=O)N[C@@H](CC(C)C)B(O)O)cc1. The third-order valence-electron chi connectivity index (χ3n) is 5.87. The van der Waals surface area contributed by atoms with E-state index in [0.717, 1.165) is 11.1 Å². The fourth-order valence-corrected chi connectivity index (χ4v) is 3.82. The number of rotatable bonds is 11. The van der Waals surface area contributed by atoms with E-state index in [1.54, 1.807) is 36.4 Å². The van der Waals surface area contributed by atoms with E-state index in [0.29, 0.717) is 17.7 Å². The Balaban J connectivity index is 1.79. The summed E-state index contributed by atoms with van der Waals surface area (Å²) in [6, 6.07) is 20.1. The Labute approximate surface area is 222 Å². The Morgan fingerprint density at radius 1 is 0.868 bits per heavy atom. The van der Waals surface area contributed by atoms with Crippen molar-refractivity contribution in [1.82, 2.24) is 20.9 Å². The summed E-state index contributed by atoms with van der Waals surface area (Å²) in [4.78, 5) is 43.4. The van der Waals surface area contributed by atoms with Gasteiger partial charge in [-0.25, -0.2) is 4.98 Å². The summed E-state index contributed by atoms with van der Waals surface area (Å²) in [6.07, 6.45) is 0.306. The van der Waals surface area contributed by atoms with Crippen LogP contribution >= 0.6 is 0 Å². The standard InChI is InChI=1S/C28H33BN4O5/c1-18(2)16-25(29(37)38)33-28(36)24(17-30-26(34)21-14-12-19(3)13-15-21)32-27(35)23-11-7-10-22(31-23)20-8-5-4-6-9-20/h4-15,18,24-25,37-38H,16-17H2,1-3H3,(H,30,34)(H,32,35)(H,33,36)/t24-,25-/m0/s1. The van der Waals surface area contributed by atoms with E-state index >= 15 is 0 Å². The van der Waals surface area contributed by atoms with Gasteiger partial charge in [0.05, 0.1) is 11.6 Å². The number of nitrogens with one attached hydrogen (secondary N) is 3. The van der Waals surface area contributed by atoms with Gasteiger partial charge >= 0.3 is 7.12 Å². The molecule has 2 atom stereocenters. The Bertz CT molecular complexity index is 1240. The summed E-state index contributed by atoms with van der Waals surface area (Å²) < 4.78 is 0. The summed E-state index contributed by atoms with van der Waals surface area (Å²) >= 11 is 0. The summed E-state index contributed by atoms with van der Waals surface area (Å²) in [6.45, 7) is 5.45. The van der Waals surface area contributed by atoms with Crippen molar-refractivity contribution in [3.63, 3.8) is 0 Å². The molecule has 38 heavy (non-hydrogen) atoms. The Morgan fingerprint density at radius 3 is 2.18 bits per heavy atom. The van der Waals surface area contributed by atoms with Gasteiger partial charge in [0.25, 0.3) is 11.8 Å². The van der Waals surface area contributed by atoms with Gasteiger partial charge in [-0.15, -0.1) is 0 Å². The Kier molecular flexibility index (Phi) is 10.1. The summed E-state index contributed by atoms with van der Waals surface area (Å²) in [5, 5.41) is 27.4. The number of hydrogen-bond donors (Lipinski definition) is 5. The molecule has 2 aromatic carbocycles. The van der Waals surface area contributed by atoms with Crippen LogP contribution in [0.25, 0.3) is 11.3 Å². The van der Waals surface area contributed by atoms with Gasteiger partial charge in [0.1, 0.15) is 11.7 Å². The van der Waals surface area contributed by atoms with Crippen LogP contribution in [0.1, 0.15) is 46.7 Å². The highest BCUT2D eigenvalue weighted by molar-refractivity contribution is 6.43. The molecular formula is C28H33BN4O5. The first-order valence-corrected chi connectivity index (χ1v) is 12.5. The molecule has 0 saturated carbocycles. The van der Waals surface area contributed by atoms with Gasteiger partial charge in [-0.3, -0.25) is 14.4 Å². The summed E-state index contributed by atoms with van der Waals surface area (Å²) in [5.41, 5.74) is 2.91. The number of carbonyl (C=O) groups excluding carboxylic acids is 3. The largest absolute Gasteiger partial charge is 0.475 e. The molecule has 3 rings (SSSR count). The van der Waals surface area contributed by atoms with Crippen LogP contribution in [0.2, 0.25) is 0 Å². The molecule has 0 unspecified atom stereocenters. The molecule has 0 aliphatic carbocycles. The van der Waals surface area contributed by atoms with E-state index in [2.05, 4.69) is 20.9 Å². The lowest BCUT2D eigenvalue weighted by Crippen LogP contribution is -2.57. The average molecular weight is 516 g/mol. The van der Waals surface area contributed by atoms with Crippen LogP contribution < -0.4 is 16.0 Å². The highest BCUT2D eigenvalue weighted by atomic mass is 16.4. The molecule has 0 fully saturated rings. The van der Waals surface area contributed by atoms with Crippen molar-refractivity contribution in [3.05, 3.63) is 89.6 Å². The lowest BCUT2D eigenvalue weighted by Gasteiger charge is -2.24. The normalized spacial score (nSPS) is 12.4. The number of hydrogen-bond acceptors (Lipinski definition) is 6. The maximum absolute atomic E-state index is 13.2. The Hall–Kier alpha value is -4.02. The topological polar surface area (TPSA) is 141 Å². The third kappa shape index (κ3) is 8.26. The molecule has 0 aliphatic heterocycles. The predicted molar refractivity (Wildman–Crippen MR) is 146 cm³/mol. The molecule has 1 aromatic heterocycles. The van der Waals surface area contributed by atoms with Crippen LogP contribution in [0.3, 0.4) is 0 Å². The molecule has 0 aliphatic rings. The van der Waals surface area contributed by atoms with Crippen LogP contribution in [0.5, 0.6) is 0 Å². The number of nitrogens with zero attached hydrogens (tertiary/aromatic N) is 1. The van der Waals surface area contributed by atoms with Gasteiger partial charge in [-0.05, 0) is 43.5 Å². The first-order valence-electron chi connectivity index (χ1n) is 12.5. The number of aryl methyl sites for hydroxylation is 1. The molecule has 3 aromatic rings. The number of benzene rings is 2. The van der Waals surface area contributed by atoms with Crippen LogP contribution in [0.4, 0.5) is 0 Å². The van der Waals surface area contributed by atoms with E-state index in [9.17, 15) is 24.4 Å². The fraction of sp³-hybridized carbons (Fsp3) is 0.286. The highest BCUT2D eigenvalue weighted by Crippen LogP contribution is 2.16. The van der Waals surface area contributed by atoms with E-state index in [4.69, 9.17) is 0 Å². The van der Waals surface area contributed by atoms with Gasteiger partial charge in [0.15, 0.2) is 0 Å². The molecule has 3 amide bonds. The second kappa shape index (κ2) is 13.5. The zero-order valence-corrected chi connectivity index (χ0v) is 21.7. The van der Waals surface area contributed by atoms with Crippen molar-refractivity contribution in [2.75, 3.05) is 6.54 Å². The molecule has 0 bridgehead atoms. The van der Waals surface area contributed by atoms with Crippen LogP contribution in [-0.2, 0) is 4.79 Å². The maximum Gasteiger partial charge on any atom is 0.475 e. The van der Waals surface area contributed by atoms with Crippen LogP contribution in [-0.4, -0.2) is 58.4 Å². The average Bonchev–Trinajstić information content (AvgIpc) is 2.91. The maximum atomic E-state index is 13.2. The number of amides is 3. The molecule has 5 N–H and O–H groups in total. The van der Waals surface area contributed by atoms with Gasteiger partial charge in [-0.1, -0.05) is 67.9 Å². The van der Waals surface area contributed by atoms with Crippen molar-refractivity contribution >= 4 is 24.8 Å². The van der Waals surface area contributed by atoms with Gasteiger partial charge < -0.3 is 26.0 Å². The Morgan fingerprint density at radius 2 is 1.55 bits per heavy atom. The van der Waals surface area contributed by atoms with Crippen molar-refractivity contribution < 1.29 is 24.4 Å². The quantitative estimate of drug-likeness (QED) is 0.248. The number of carbonyl (C=O) groups is 3. The zero-order chi connectivity index (χ0) is 27.7. The van der Waals surface area contributed by atoms with Gasteiger partial charge in [-0.2, -0.15) is 0 Å². The monoisotopic (exact) mass is 516 g/mol.